The molecule has 0 bridgehead atoms. The molecular formula is C14H21N3O2S. The first-order valence-corrected chi connectivity index (χ1v) is 7.45. The maximum atomic E-state index is 11.8. The van der Waals surface area contributed by atoms with Gasteiger partial charge in [-0.2, -0.15) is 0 Å². The Morgan fingerprint density at radius 3 is 3.00 bits per heavy atom. The molecule has 2 rings (SSSR count). The van der Waals surface area contributed by atoms with E-state index in [0.717, 1.165) is 0 Å². The van der Waals surface area contributed by atoms with Crippen molar-refractivity contribution in [3.05, 3.63) is 35.5 Å². The molecule has 110 valence electrons. The van der Waals surface area contributed by atoms with E-state index >= 15 is 0 Å². The molecule has 6 heteroatoms. The largest absolute Gasteiger partial charge is 0.361 e. The highest BCUT2D eigenvalue weighted by atomic mass is 32.2. The Balaban J connectivity index is 2.53. The zero-order valence-corrected chi connectivity index (χ0v) is 11.6. The van der Waals surface area contributed by atoms with Crippen molar-refractivity contribution in [2.24, 2.45) is 0 Å². The fourth-order valence-corrected chi connectivity index (χ4v) is 2.60. The first-order valence-electron chi connectivity index (χ1n) is 10.3. The average Bonchev–Trinajstić information content (AvgIpc) is 2.78. The van der Waals surface area contributed by atoms with Crippen molar-refractivity contribution in [2.45, 2.75) is 12.2 Å². The van der Waals surface area contributed by atoms with Crippen LogP contribution in [0.1, 0.15) is 23.5 Å². The molecule has 0 aliphatic carbocycles. The summed E-state index contributed by atoms with van der Waals surface area (Å²) in [5.41, 5.74) is 0.837. The normalized spacial score (nSPS) is 21.0. The third-order valence-electron chi connectivity index (χ3n) is 2.84. The minimum atomic E-state index is -3.57. The molecule has 0 spiro atoms. The van der Waals surface area contributed by atoms with Crippen molar-refractivity contribution in [1.29, 1.82) is 0 Å². The highest BCUT2D eigenvalue weighted by Gasteiger charge is 2.11. The third kappa shape index (κ3) is 3.59. The number of nitrogens with one attached hydrogen (secondary N) is 2. The second-order valence-electron chi connectivity index (χ2n) is 4.24. The van der Waals surface area contributed by atoms with Crippen molar-refractivity contribution in [1.82, 2.24) is 14.6 Å². The fourth-order valence-electron chi connectivity index (χ4n) is 1.84. The molecule has 0 saturated carbocycles. The van der Waals surface area contributed by atoms with Crippen LogP contribution >= 0.6 is 0 Å². The summed E-state index contributed by atoms with van der Waals surface area (Å²) in [5.74, 6) is -0.346. The highest BCUT2D eigenvalue weighted by molar-refractivity contribution is 7.88. The van der Waals surface area contributed by atoms with Crippen LogP contribution in [0.3, 0.4) is 0 Å². The number of fused-ring (bicyclic) bond motifs is 1. The quantitative estimate of drug-likeness (QED) is 0.846. The van der Waals surface area contributed by atoms with Gasteiger partial charge in [-0.3, -0.25) is 0 Å². The van der Waals surface area contributed by atoms with Gasteiger partial charge in [0.25, 0.3) is 0 Å². The number of aromatic nitrogens is 1. The average molecular weight is 304 g/mol. The van der Waals surface area contributed by atoms with Gasteiger partial charge in [-0.25, -0.2) is 13.1 Å². The summed E-state index contributed by atoms with van der Waals surface area (Å²) < 4.78 is 94.7. The van der Waals surface area contributed by atoms with Crippen LogP contribution in [-0.2, 0) is 22.2 Å². The van der Waals surface area contributed by atoms with Gasteiger partial charge in [0.1, 0.15) is 0 Å². The van der Waals surface area contributed by atoms with Gasteiger partial charge >= 0.3 is 0 Å². The van der Waals surface area contributed by atoms with Crippen molar-refractivity contribution < 1.29 is 20.8 Å². The minimum absolute atomic E-state index is 0.0483. The van der Waals surface area contributed by atoms with Crippen LogP contribution in [0, 0.1) is 0 Å². The van der Waals surface area contributed by atoms with Gasteiger partial charge in [0.05, 0.1) is 7.12 Å². The number of aryl methyl sites for hydroxylation is 1. The van der Waals surface area contributed by atoms with Crippen LogP contribution in [0.25, 0.3) is 10.9 Å². The molecule has 0 radical (unpaired) electrons. The Labute approximate surface area is 132 Å². The molecule has 0 atom stereocenters. The number of hydrogen-bond acceptors (Lipinski definition) is 3. The lowest BCUT2D eigenvalue weighted by atomic mass is 10.1. The lowest BCUT2D eigenvalue weighted by molar-refractivity contribution is 0.414. The van der Waals surface area contributed by atoms with Gasteiger partial charge in [-0.05, 0) is 50.7 Å². The lowest BCUT2D eigenvalue weighted by Crippen LogP contribution is -2.20. The molecule has 0 unspecified atom stereocenters. The topological polar surface area (TPSA) is 65.2 Å². The van der Waals surface area contributed by atoms with Crippen LogP contribution in [0.5, 0.6) is 0 Å². The van der Waals surface area contributed by atoms with E-state index in [1.165, 1.54) is 25.2 Å². The molecule has 1 aromatic heterocycles. The Kier molecular flexibility index (Phi) is 2.10. The standard InChI is InChI=1S/C14H21N3O2S/c1-15-20(18,19)10-11-4-5-14-13(8-11)12(9-16-14)6-7-17(2)3/h4-5,8-9,15-16H,6-7,10H2,1-3H3/i2D3,3D3,7D2,9D. The van der Waals surface area contributed by atoms with E-state index in [2.05, 4.69) is 9.71 Å². The van der Waals surface area contributed by atoms with E-state index in [9.17, 15) is 8.42 Å². The van der Waals surface area contributed by atoms with Gasteiger partial charge in [0.2, 0.25) is 10.0 Å². The molecule has 2 aromatic rings. The maximum absolute atomic E-state index is 11.8. The zero-order chi connectivity index (χ0) is 22.4. The number of rotatable bonds is 6. The summed E-state index contributed by atoms with van der Waals surface area (Å²) in [6, 6.07) is 4.51. The first-order chi connectivity index (χ1) is 13.0. The molecule has 2 N–H and O–H groups in total. The van der Waals surface area contributed by atoms with Crippen molar-refractivity contribution in [3.8, 4) is 0 Å². The third-order valence-corrected chi connectivity index (χ3v) is 4.17. The van der Waals surface area contributed by atoms with Crippen LogP contribution in [0.2, 0.25) is 0 Å². The van der Waals surface area contributed by atoms with Gasteiger partial charge in [0.15, 0.2) is 0 Å². The van der Waals surface area contributed by atoms with Gasteiger partial charge in [-0.15, -0.1) is 0 Å². The minimum Gasteiger partial charge on any atom is -0.361 e. The Bertz CT molecular complexity index is 982. The van der Waals surface area contributed by atoms with Crippen molar-refractivity contribution in [3.63, 3.8) is 0 Å². The van der Waals surface area contributed by atoms with Crippen LogP contribution in [0.15, 0.2) is 24.4 Å². The second-order valence-corrected chi connectivity index (χ2v) is 6.17. The number of nitrogens with zero attached hydrogens (tertiary/aromatic N) is 1. The van der Waals surface area contributed by atoms with Gasteiger partial charge in [0, 0.05) is 34.5 Å². The van der Waals surface area contributed by atoms with Gasteiger partial charge < -0.3 is 9.88 Å². The molecule has 5 nitrogen and oxygen atoms in total. The second kappa shape index (κ2) is 5.95. The molecule has 0 amide bonds. The molecule has 0 saturated heterocycles. The number of benzene rings is 1. The SMILES string of the molecule is [2H]c1[nH]c2ccc(CS(=O)(=O)NC)cc2c1CC([2H])([2H])N(C([2H])([2H])[2H])C([2H])([2H])[2H]. The van der Waals surface area contributed by atoms with Crippen LogP contribution < -0.4 is 4.72 Å². The van der Waals surface area contributed by atoms with E-state index in [1.54, 1.807) is 0 Å². The fraction of sp³-hybridized carbons (Fsp3) is 0.429. The summed E-state index contributed by atoms with van der Waals surface area (Å²) in [7, 11) is -2.30. The lowest BCUT2D eigenvalue weighted by Gasteiger charge is -2.08. The molecule has 1 aromatic carbocycles. The zero-order valence-electron chi connectivity index (χ0n) is 19.8. The summed E-state index contributed by atoms with van der Waals surface area (Å²) in [6.45, 7) is -9.32. The Hall–Kier alpha value is -1.37. The van der Waals surface area contributed by atoms with Crippen LogP contribution in [0.4, 0.5) is 0 Å². The smallest absolute Gasteiger partial charge is 0.215 e. The van der Waals surface area contributed by atoms with E-state index in [4.69, 9.17) is 12.3 Å². The summed E-state index contributed by atoms with van der Waals surface area (Å²) >= 11 is 0. The number of H-pyrrole nitrogens is 1. The number of hydrogen-bond donors (Lipinski definition) is 2. The van der Waals surface area contributed by atoms with Crippen molar-refractivity contribution >= 4 is 20.9 Å². The molecule has 1 heterocycles. The summed E-state index contributed by atoms with van der Waals surface area (Å²) in [4.78, 5) is 2.54. The predicted molar refractivity (Wildman–Crippen MR) is 82.2 cm³/mol. The Morgan fingerprint density at radius 2 is 2.30 bits per heavy atom. The summed E-state index contributed by atoms with van der Waals surface area (Å²) in [5, 5.41) is 0.318. The van der Waals surface area contributed by atoms with E-state index in [-0.39, 0.29) is 22.4 Å². The monoisotopic (exact) mass is 304 g/mol. The molecule has 0 aliphatic rings. The Morgan fingerprint density at radius 1 is 1.50 bits per heavy atom. The molecular weight excluding hydrogens is 274 g/mol. The first kappa shape index (κ1) is 7.06. The van der Waals surface area contributed by atoms with Crippen LogP contribution in [-0.4, -0.2) is 45.8 Å². The molecule has 20 heavy (non-hydrogen) atoms. The number of aromatic amines is 1. The molecule has 0 fully saturated rings. The highest BCUT2D eigenvalue weighted by Crippen LogP contribution is 2.21. The summed E-state index contributed by atoms with van der Waals surface area (Å²) in [6.07, 6.45) is -0.918. The van der Waals surface area contributed by atoms with Gasteiger partial charge in [-0.1, -0.05) is 6.07 Å². The van der Waals surface area contributed by atoms with E-state index in [1.807, 2.05) is 0 Å². The predicted octanol–water partition coefficient (Wildman–Crippen LogP) is 1.32. The van der Waals surface area contributed by atoms with E-state index in [0.29, 0.717) is 16.5 Å². The number of likely N-dealkylation sites (N-methyl/N-ethyl adjacent to an activating group) is 1. The van der Waals surface area contributed by atoms with E-state index < -0.39 is 36.9 Å². The number of sulfonamides is 1. The van der Waals surface area contributed by atoms with Crippen molar-refractivity contribution in [2.75, 3.05) is 27.5 Å². The molecule has 0 aliphatic heterocycles. The maximum Gasteiger partial charge on any atom is 0.215 e.